The van der Waals surface area contributed by atoms with Crippen molar-refractivity contribution in [2.24, 2.45) is 0 Å². The van der Waals surface area contributed by atoms with Crippen LogP contribution < -0.4 is 10.6 Å². The molecule has 0 aliphatic rings. The van der Waals surface area contributed by atoms with Crippen LogP contribution in [0.2, 0.25) is 0 Å². The molecule has 0 aliphatic carbocycles. The SMILES string of the molecule is Cc1cc2cccc(Nc3ccc4c(NCc5nc[nH]c5C)cccc4c3)c2o1. The highest BCUT2D eigenvalue weighted by Gasteiger charge is 2.08. The number of hydrogen-bond donors (Lipinski definition) is 3. The molecule has 5 heteroatoms. The molecule has 0 radical (unpaired) electrons. The maximum absolute atomic E-state index is 5.87. The quantitative estimate of drug-likeness (QED) is 0.335. The Labute approximate surface area is 168 Å². The van der Waals surface area contributed by atoms with E-state index < -0.39 is 0 Å². The van der Waals surface area contributed by atoms with Gasteiger partial charge in [-0.05, 0) is 49.6 Å². The Hall–Kier alpha value is -3.73. The van der Waals surface area contributed by atoms with Gasteiger partial charge in [-0.15, -0.1) is 0 Å². The van der Waals surface area contributed by atoms with Crippen LogP contribution in [-0.4, -0.2) is 9.97 Å². The van der Waals surface area contributed by atoms with Gasteiger partial charge in [-0.1, -0.05) is 30.3 Å². The Balaban J connectivity index is 1.44. The number of furan rings is 1. The number of rotatable bonds is 5. The van der Waals surface area contributed by atoms with Crippen LogP contribution in [0.3, 0.4) is 0 Å². The van der Waals surface area contributed by atoms with Crippen LogP contribution in [0, 0.1) is 13.8 Å². The Kier molecular flexibility index (Phi) is 4.21. The van der Waals surface area contributed by atoms with Gasteiger partial charge in [0.1, 0.15) is 5.76 Å². The highest BCUT2D eigenvalue weighted by Crippen LogP contribution is 2.31. The van der Waals surface area contributed by atoms with Gasteiger partial charge in [0, 0.05) is 27.8 Å². The van der Waals surface area contributed by atoms with E-state index in [2.05, 4.69) is 69.1 Å². The van der Waals surface area contributed by atoms with Crippen LogP contribution >= 0.6 is 0 Å². The zero-order chi connectivity index (χ0) is 19.8. The van der Waals surface area contributed by atoms with Crippen LogP contribution in [-0.2, 0) is 6.54 Å². The molecule has 5 nitrogen and oxygen atoms in total. The van der Waals surface area contributed by atoms with Crippen LogP contribution in [0.25, 0.3) is 21.7 Å². The average Bonchev–Trinajstić information content (AvgIpc) is 3.31. The van der Waals surface area contributed by atoms with E-state index in [1.807, 2.05) is 26.0 Å². The molecule has 2 aromatic heterocycles. The molecule has 0 saturated carbocycles. The fourth-order valence-corrected chi connectivity index (χ4v) is 3.71. The smallest absolute Gasteiger partial charge is 0.157 e. The van der Waals surface area contributed by atoms with Gasteiger partial charge in [-0.3, -0.25) is 0 Å². The molecule has 0 bridgehead atoms. The second-order valence-electron chi connectivity index (χ2n) is 7.28. The van der Waals surface area contributed by atoms with Crippen molar-refractivity contribution in [2.45, 2.75) is 20.4 Å². The largest absolute Gasteiger partial charge is 0.459 e. The minimum absolute atomic E-state index is 0.689. The van der Waals surface area contributed by atoms with E-state index in [-0.39, 0.29) is 0 Å². The van der Waals surface area contributed by atoms with E-state index in [1.165, 1.54) is 10.8 Å². The summed E-state index contributed by atoms with van der Waals surface area (Å²) in [4.78, 5) is 7.48. The number of aromatic amines is 1. The molecular formula is C24H22N4O. The molecule has 29 heavy (non-hydrogen) atoms. The summed E-state index contributed by atoms with van der Waals surface area (Å²) in [6.45, 7) is 4.69. The van der Waals surface area contributed by atoms with Crippen LogP contribution in [0.5, 0.6) is 0 Å². The number of imidazole rings is 1. The van der Waals surface area contributed by atoms with Gasteiger partial charge in [0.15, 0.2) is 5.58 Å². The number of para-hydroxylation sites is 1. The number of anilines is 3. The maximum Gasteiger partial charge on any atom is 0.157 e. The van der Waals surface area contributed by atoms with Gasteiger partial charge < -0.3 is 20.0 Å². The molecule has 5 aromatic rings. The van der Waals surface area contributed by atoms with Crippen molar-refractivity contribution < 1.29 is 4.42 Å². The average molecular weight is 382 g/mol. The Morgan fingerprint density at radius 1 is 0.931 bits per heavy atom. The number of fused-ring (bicyclic) bond motifs is 2. The Bertz CT molecular complexity index is 1320. The first-order valence-electron chi connectivity index (χ1n) is 9.69. The van der Waals surface area contributed by atoms with Crippen molar-refractivity contribution in [1.29, 1.82) is 0 Å². The number of hydrogen-bond acceptors (Lipinski definition) is 4. The molecular weight excluding hydrogens is 360 g/mol. The van der Waals surface area contributed by atoms with Crippen LogP contribution in [0.1, 0.15) is 17.1 Å². The Morgan fingerprint density at radius 3 is 2.59 bits per heavy atom. The molecule has 0 atom stereocenters. The third-order valence-corrected chi connectivity index (χ3v) is 5.21. The fraction of sp³-hybridized carbons (Fsp3) is 0.125. The van der Waals surface area contributed by atoms with E-state index in [1.54, 1.807) is 6.33 Å². The standard InChI is InChI=1S/C24H22N4O/c1-15-11-18-6-4-8-22(24(18)29-15)28-19-9-10-20-17(12-19)5-3-7-21(20)25-13-23-16(2)26-14-27-23/h3-12,14,25,28H,13H2,1-2H3,(H,26,27). The Morgan fingerprint density at radius 2 is 1.76 bits per heavy atom. The van der Waals surface area contributed by atoms with Gasteiger partial charge in [0.25, 0.3) is 0 Å². The normalized spacial score (nSPS) is 11.2. The van der Waals surface area contributed by atoms with Crippen molar-refractivity contribution in [3.05, 3.63) is 84.1 Å². The minimum atomic E-state index is 0.689. The van der Waals surface area contributed by atoms with E-state index >= 15 is 0 Å². The molecule has 0 amide bonds. The lowest BCUT2D eigenvalue weighted by Gasteiger charge is -2.12. The molecule has 3 N–H and O–H groups in total. The van der Waals surface area contributed by atoms with E-state index in [4.69, 9.17) is 4.42 Å². The van der Waals surface area contributed by atoms with E-state index in [9.17, 15) is 0 Å². The summed E-state index contributed by atoms with van der Waals surface area (Å²) in [5.41, 5.74) is 6.10. The summed E-state index contributed by atoms with van der Waals surface area (Å²) in [7, 11) is 0. The third kappa shape index (κ3) is 3.31. The molecule has 0 unspecified atom stereocenters. The number of H-pyrrole nitrogens is 1. The lowest BCUT2D eigenvalue weighted by atomic mass is 10.1. The summed E-state index contributed by atoms with van der Waals surface area (Å²) in [6, 6.07) is 20.9. The number of nitrogens with zero attached hydrogens (tertiary/aromatic N) is 1. The van der Waals surface area contributed by atoms with Crippen molar-refractivity contribution in [2.75, 3.05) is 10.6 Å². The topological polar surface area (TPSA) is 65.9 Å². The number of aryl methyl sites for hydroxylation is 2. The molecule has 0 fully saturated rings. The lowest BCUT2D eigenvalue weighted by Crippen LogP contribution is -2.02. The third-order valence-electron chi connectivity index (χ3n) is 5.21. The second kappa shape index (κ2) is 7.02. The predicted octanol–water partition coefficient (Wildman–Crippen LogP) is 6.28. The van der Waals surface area contributed by atoms with E-state index in [0.717, 1.165) is 45.2 Å². The maximum atomic E-state index is 5.87. The first-order valence-corrected chi connectivity index (χ1v) is 9.69. The zero-order valence-corrected chi connectivity index (χ0v) is 16.4. The summed E-state index contributed by atoms with van der Waals surface area (Å²) in [5, 5.41) is 10.5. The van der Waals surface area contributed by atoms with Gasteiger partial charge in [-0.2, -0.15) is 0 Å². The molecule has 3 aromatic carbocycles. The van der Waals surface area contributed by atoms with Crippen molar-refractivity contribution >= 4 is 38.8 Å². The molecule has 0 spiro atoms. The van der Waals surface area contributed by atoms with Crippen LogP contribution in [0.4, 0.5) is 17.1 Å². The lowest BCUT2D eigenvalue weighted by molar-refractivity contribution is 0.579. The number of nitrogens with one attached hydrogen (secondary N) is 3. The molecule has 2 heterocycles. The molecule has 144 valence electrons. The summed E-state index contributed by atoms with van der Waals surface area (Å²) in [5.74, 6) is 0.913. The van der Waals surface area contributed by atoms with Crippen LogP contribution in [0.15, 0.2) is 71.4 Å². The summed E-state index contributed by atoms with van der Waals surface area (Å²) >= 11 is 0. The highest BCUT2D eigenvalue weighted by molar-refractivity contribution is 5.97. The predicted molar refractivity (Wildman–Crippen MR) is 119 cm³/mol. The summed E-state index contributed by atoms with van der Waals surface area (Å²) in [6.07, 6.45) is 1.73. The first-order chi connectivity index (χ1) is 14.2. The minimum Gasteiger partial charge on any atom is -0.459 e. The monoisotopic (exact) mass is 382 g/mol. The van der Waals surface area contributed by atoms with Gasteiger partial charge >= 0.3 is 0 Å². The summed E-state index contributed by atoms with van der Waals surface area (Å²) < 4.78 is 5.87. The second-order valence-corrected chi connectivity index (χ2v) is 7.28. The van der Waals surface area contributed by atoms with E-state index in [0.29, 0.717) is 6.54 Å². The van der Waals surface area contributed by atoms with Crippen molar-refractivity contribution in [1.82, 2.24) is 9.97 Å². The van der Waals surface area contributed by atoms with Gasteiger partial charge in [0.2, 0.25) is 0 Å². The molecule has 0 saturated heterocycles. The van der Waals surface area contributed by atoms with Crippen molar-refractivity contribution in [3.8, 4) is 0 Å². The fourth-order valence-electron chi connectivity index (χ4n) is 3.71. The molecule has 0 aliphatic heterocycles. The number of benzene rings is 3. The van der Waals surface area contributed by atoms with Gasteiger partial charge in [-0.25, -0.2) is 4.98 Å². The zero-order valence-electron chi connectivity index (χ0n) is 16.4. The van der Waals surface area contributed by atoms with Gasteiger partial charge in [0.05, 0.1) is 24.3 Å². The van der Waals surface area contributed by atoms with Crippen molar-refractivity contribution in [3.63, 3.8) is 0 Å². The highest BCUT2D eigenvalue weighted by atomic mass is 16.3. The number of aromatic nitrogens is 2. The first kappa shape index (κ1) is 17.4. The molecule has 5 rings (SSSR count).